The molecule has 1 aliphatic carbocycles. The largest absolute Gasteiger partial charge is 0.378 e. The van der Waals surface area contributed by atoms with E-state index in [0.717, 1.165) is 43.1 Å². The number of methoxy groups -OCH3 is 1. The second kappa shape index (κ2) is 7.09. The van der Waals surface area contributed by atoms with Crippen molar-refractivity contribution >= 4 is 11.6 Å². The average molecular weight is 315 g/mol. The van der Waals surface area contributed by atoms with Crippen LogP contribution in [0.5, 0.6) is 0 Å². The quantitative estimate of drug-likeness (QED) is 0.799. The Hall–Kier alpha value is -0.620. The molecule has 1 aliphatic rings. The summed E-state index contributed by atoms with van der Waals surface area (Å²) in [7, 11) is 7.92. The van der Waals surface area contributed by atoms with Crippen LogP contribution in [0.15, 0.2) is 6.20 Å². The molecule has 1 saturated carbocycles. The van der Waals surface area contributed by atoms with Crippen molar-refractivity contribution in [2.24, 2.45) is 0 Å². The number of halogens is 1. The van der Waals surface area contributed by atoms with E-state index < -0.39 is 0 Å². The number of aromatic nitrogens is 2. The molecule has 5 nitrogen and oxygen atoms in total. The van der Waals surface area contributed by atoms with Crippen LogP contribution in [-0.4, -0.2) is 55.1 Å². The Balaban J connectivity index is 2.15. The van der Waals surface area contributed by atoms with E-state index in [1.165, 1.54) is 6.42 Å². The van der Waals surface area contributed by atoms with Gasteiger partial charge in [0.25, 0.3) is 0 Å². The fraction of sp³-hybridized carbons (Fsp3) is 0.800. The SMILES string of the molecule is CNC(CC1(OC)CCC1)c1c(Cl)cnn1CCN(C)C. The highest BCUT2D eigenvalue weighted by molar-refractivity contribution is 6.31. The minimum atomic E-state index is 0.00759. The topological polar surface area (TPSA) is 42.3 Å². The molecule has 0 saturated heterocycles. The number of hydrogen-bond acceptors (Lipinski definition) is 4. The van der Waals surface area contributed by atoms with E-state index >= 15 is 0 Å². The highest BCUT2D eigenvalue weighted by Crippen LogP contribution is 2.42. The fourth-order valence-corrected chi connectivity index (χ4v) is 3.23. The lowest BCUT2D eigenvalue weighted by atomic mass is 9.75. The molecule has 1 N–H and O–H groups in total. The Morgan fingerprint density at radius 2 is 2.24 bits per heavy atom. The second-order valence-electron chi connectivity index (χ2n) is 6.19. The van der Waals surface area contributed by atoms with Crippen LogP contribution in [0.1, 0.15) is 37.4 Å². The number of likely N-dealkylation sites (N-methyl/N-ethyl adjacent to an activating group) is 1. The number of hydrogen-bond donors (Lipinski definition) is 1. The summed E-state index contributed by atoms with van der Waals surface area (Å²) in [6, 6.07) is 0.169. The molecule has 1 unspecified atom stereocenters. The van der Waals surface area contributed by atoms with Gasteiger partial charge in [0.05, 0.1) is 35.1 Å². The summed E-state index contributed by atoms with van der Waals surface area (Å²) in [6.45, 7) is 1.78. The van der Waals surface area contributed by atoms with Crippen LogP contribution in [0.2, 0.25) is 5.02 Å². The van der Waals surface area contributed by atoms with Crippen LogP contribution in [0.4, 0.5) is 0 Å². The molecule has 1 aromatic heterocycles. The first-order valence-corrected chi connectivity index (χ1v) is 7.97. The number of nitrogens with one attached hydrogen (secondary N) is 1. The molecule has 1 atom stereocenters. The summed E-state index contributed by atoms with van der Waals surface area (Å²) in [4.78, 5) is 2.15. The molecule has 1 aromatic rings. The first-order valence-electron chi connectivity index (χ1n) is 7.59. The molecule has 0 aromatic carbocycles. The zero-order valence-electron chi connectivity index (χ0n) is 13.5. The Morgan fingerprint density at radius 3 is 2.71 bits per heavy atom. The van der Waals surface area contributed by atoms with E-state index in [1.54, 1.807) is 6.20 Å². The number of ether oxygens (including phenoxy) is 1. The van der Waals surface area contributed by atoms with Crippen molar-refractivity contribution < 1.29 is 4.74 Å². The second-order valence-corrected chi connectivity index (χ2v) is 6.60. The molecule has 21 heavy (non-hydrogen) atoms. The molecule has 1 heterocycles. The van der Waals surface area contributed by atoms with Crippen molar-refractivity contribution in [1.82, 2.24) is 20.0 Å². The van der Waals surface area contributed by atoms with Gasteiger partial charge in [0.1, 0.15) is 0 Å². The van der Waals surface area contributed by atoms with Crippen molar-refractivity contribution in [2.75, 3.05) is 34.8 Å². The predicted octanol–water partition coefficient (Wildman–Crippen LogP) is 2.32. The minimum Gasteiger partial charge on any atom is -0.378 e. The summed E-state index contributed by atoms with van der Waals surface area (Å²) in [5.74, 6) is 0. The molecule has 2 rings (SSSR count). The van der Waals surface area contributed by atoms with E-state index in [9.17, 15) is 0 Å². The van der Waals surface area contributed by atoms with Crippen molar-refractivity contribution in [3.8, 4) is 0 Å². The van der Waals surface area contributed by atoms with Crippen LogP contribution in [0.25, 0.3) is 0 Å². The Bertz CT molecular complexity index is 451. The van der Waals surface area contributed by atoms with Crippen LogP contribution >= 0.6 is 11.6 Å². The summed E-state index contributed by atoms with van der Waals surface area (Å²) in [5.41, 5.74) is 1.08. The Kier molecular flexibility index (Phi) is 5.66. The molecular weight excluding hydrogens is 288 g/mol. The van der Waals surface area contributed by atoms with E-state index in [2.05, 4.69) is 29.4 Å². The maximum Gasteiger partial charge on any atom is 0.0834 e. The minimum absolute atomic E-state index is 0.00759. The maximum absolute atomic E-state index is 6.39. The third-order valence-corrected chi connectivity index (χ3v) is 4.84. The smallest absolute Gasteiger partial charge is 0.0834 e. The standard InChI is InChI=1S/C15H27ClN4O/c1-17-13(10-15(21-4)6-5-7-15)14-12(16)11-18-20(14)9-8-19(2)3/h11,13,17H,5-10H2,1-4H3. The third-order valence-electron chi connectivity index (χ3n) is 4.54. The van der Waals surface area contributed by atoms with E-state index in [4.69, 9.17) is 16.3 Å². The normalized spacial score (nSPS) is 18.8. The molecule has 0 bridgehead atoms. The summed E-state index contributed by atoms with van der Waals surface area (Å²) in [5, 5.41) is 8.56. The maximum atomic E-state index is 6.39. The lowest BCUT2D eigenvalue weighted by Crippen LogP contribution is -2.43. The Morgan fingerprint density at radius 1 is 1.52 bits per heavy atom. The molecular formula is C15H27ClN4O. The summed E-state index contributed by atoms with van der Waals surface area (Å²) >= 11 is 6.39. The van der Waals surface area contributed by atoms with Crippen LogP contribution in [0, 0.1) is 0 Å². The van der Waals surface area contributed by atoms with E-state index in [-0.39, 0.29) is 11.6 Å². The molecule has 0 radical (unpaired) electrons. The molecule has 6 heteroatoms. The lowest BCUT2D eigenvalue weighted by Gasteiger charge is -2.42. The monoisotopic (exact) mass is 314 g/mol. The number of nitrogens with zero attached hydrogens (tertiary/aromatic N) is 3. The molecule has 0 amide bonds. The predicted molar refractivity (Wildman–Crippen MR) is 85.8 cm³/mol. The molecule has 120 valence electrons. The summed E-state index contributed by atoms with van der Waals surface area (Å²) in [6.07, 6.45) is 6.19. The van der Waals surface area contributed by atoms with Crippen LogP contribution < -0.4 is 5.32 Å². The lowest BCUT2D eigenvalue weighted by molar-refractivity contribution is -0.0838. The van der Waals surface area contributed by atoms with Gasteiger partial charge < -0.3 is 15.0 Å². The van der Waals surface area contributed by atoms with Gasteiger partial charge in [-0.3, -0.25) is 4.68 Å². The first kappa shape index (κ1) is 16.7. The van der Waals surface area contributed by atoms with Crippen molar-refractivity contribution in [3.63, 3.8) is 0 Å². The van der Waals surface area contributed by atoms with Crippen molar-refractivity contribution in [3.05, 3.63) is 16.9 Å². The van der Waals surface area contributed by atoms with Gasteiger partial charge in [-0.2, -0.15) is 5.10 Å². The van der Waals surface area contributed by atoms with Crippen molar-refractivity contribution in [2.45, 2.75) is 43.9 Å². The zero-order valence-corrected chi connectivity index (χ0v) is 14.3. The average Bonchev–Trinajstić information content (AvgIpc) is 2.78. The van der Waals surface area contributed by atoms with Gasteiger partial charge in [-0.25, -0.2) is 0 Å². The highest BCUT2D eigenvalue weighted by atomic mass is 35.5. The number of rotatable bonds is 8. The van der Waals surface area contributed by atoms with E-state index in [0.29, 0.717) is 0 Å². The molecule has 1 fully saturated rings. The van der Waals surface area contributed by atoms with Crippen LogP contribution in [0.3, 0.4) is 0 Å². The summed E-state index contributed by atoms with van der Waals surface area (Å²) < 4.78 is 7.78. The van der Waals surface area contributed by atoms with Gasteiger partial charge in [0.15, 0.2) is 0 Å². The van der Waals surface area contributed by atoms with Gasteiger partial charge in [-0.15, -0.1) is 0 Å². The fourth-order valence-electron chi connectivity index (χ4n) is 2.96. The van der Waals surface area contributed by atoms with Gasteiger partial charge in [0, 0.05) is 13.7 Å². The molecule has 0 aliphatic heterocycles. The molecule has 0 spiro atoms. The van der Waals surface area contributed by atoms with Gasteiger partial charge in [-0.1, -0.05) is 11.6 Å². The van der Waals surface area contributed by atoms with E-state index in [1.807, 2.05) is 18.8 Å². The third kappa shape index (κ3) is 3.77. The highest BCUT2D eigenvalue weighted by Gasteiger charge is 2.40. The van der Waals surface area contributed by atoms with Crippen LogP contribution in [-0.2, 0) is 11.3 Å². The zero-order chi connectivity index (χ0) is 15.5. The van der Waals surface area contributed by atoms with Gasteiger partial charge in [-0.05, 0) is 46.8 Å². The van der Waals surface area contributed by atoms with Gasteiger partial charge in [0.2, 0.25) is 0 Å². The first-order chi connectivity index (χ1) is 10.0. The van der Waals surface area contributed by atoms with Crippen molar-refractivity contribution in [1.29, 1.82) is 0 Å². The van der Waals surface area contributed by atoms with Gasteiger partial charge >= 0.3 is 0 Å². The Labute approximate surface area is 132 Å².